The molecule has 1 amide bonds. The van der Waals surface area contributed by atoms with Crippen LogP contribution in [0.15, 0.2) is 24.3 Å². The maximum atomic E-state index is 13.4. The number of hydrogen-bond acceptors (Lipinski definition) is 1. The van der Waals surface area contributed by atoms with E-state index < -0.39 is 34.7 Å². The van der Waals surface area contributed by atoms with Crippen LogP contribution in [0.1, 0.15) is 10.4 Å². The summed E-state index contributed by atoms with van der Waals surface area (Å²) in [6.45, 7) is 0. The molecule has 2 aromatic rings. The third-order valence-electron chi connectivity index (χ3n) is 2.52. The largest absolute Gasteiger partial charge is 0.322 e. The van der Waals surface area contributed by atoms with E-state index in [-0.39, 0.29) is 21.8 Å². The van der Waals surface area contributed by atoms with Crippen molar-refractivity contribution < 1.29 is 22.4 Å². The Hall–Kier alpha value is -1.79. The minimum Gasteiger partial charge on any atom is -0.322 e. The molecule has 0 radical (unpaired) electrons. The van der Waals surface area contributed by atoms with Crippen LogP contribution in [0.25, 0.3) is 0 Å². The lowest BCUT2D eigenvalue weighted by molar-refractivity contribution is 0.102. The monoisotopic (exact) mass is 337 g/mol. The molecule has 0 unspecified atom stereocenters. The van der Waals surface area contributed by atoms with Gasteiger partial charge in [0, 0.05) is 5.69 Å². The Morgan fingerprint density at radius 1 is 0.905 bits per heavy atom. The van der Waals surface area contributed by atoms with Crippen LogP contribution in [0.2, 0.25) is 10.0 Å². The summed E-state index contributed by atoms with van der Waals surface area (Å²) >= 11 is 11.4. The van der Waals surface area contributed by atoms with Gasteiger partial charge in [0.1, 0.15) is 0 Å². The molecule has 0 aliphatic heterocycles. The van der Waals surface area contributed by atoms with Crippen molar-refractivity contribution in [2.24, 2.45) is 0 Å². The van der Waals surface area contributed by atoms with Crippen LogP contribution < -0.4 is 5.32 Å². The van der Waals surface area contributed by atoms with Gasteiger partial charge in [-0.3, -0.25) is 4.79 Å². The number of carbonyl (C=O) groups is 1. The highest BCUT2D eigenvalue weighted by molar-refractivity contribution is 6.42. The molecule has 1 N–H and O–H groups in total. The van der Waals surface area contributed by atoms with E-state index in [0.717, 1.165) is 0 Å². The fourth-order valence-corrected chi connectivity index (χ4v) is 1.81. The number of anilines is 1. The molecule has 0 heterocycles. The Morgan fingerprint density at radius 3 is 2.19 bits per heavy atom. The summed E-state index contributed by atoms with van der Waals surface area (Å²) in [5.74, 6) is -8.67. The first-order chi connectivity index (χ1) is 9.81. The van der Waals surface area contributed by atoms with E-state index >= 15 is 0 Å². The van der Waals surface area contributed by atoms with Gasteiger partial charge in [-0.1, -0.05) is 23.2 Å². The topological polar surface area (TPSA) is 29.1 Å². The summed E-state index contributed by atoms with van der Waals surface area (Å²) in [7, 11) is 0. The Balaban J connectivity index is 2.35. The number of nitrogens with one attached hydrogen (secondary N) is 1. The normalized spacial score (nSPS) is 10.6. The summed E-state index contributed by atoms with van der Waals surface area (Å²) in [6, 6.07) is 4.23. The standard InChI is InChI=1S/C13H5Cl2F4NO/c14-7-2-1-5(3-8(7)15)20-13(21)6-4-9(16)11(18)12(19)10(6)17/h1-4H,(H,20,21). The van der Waals surface area contributed by atoms with Crippen molar-refractivity contribution >= 4 is 34.8 Å². The smallest absolute Gasteiger partial charge is 0.258 e. The maximum Gasteiger partial charge on any atom is 0.258 e. The Bertz CT molecular complexity index is 737. The molecule has 0 spiro atoms. The van der Waals surface area contributed by atoms with Gasteiger partial charge in [0.05, 0.1) is 15.6 Å². The second-order valence-electron chi connectivity index (χ2n) is 3.93. The summed E-state index contributed by atoms with van der Waals surface area (Å²) in [5.41, 5.74) is -0.851. The van der Waals surface area contributed by atoms with Crippen LogP contribution in [0.5, 0.6) is 0 Å². The fraction of sp³-hybridized carbons (Fsp3) is 0. The highest BCUT2D eigenvalue weighted by atomic mass is 35.5. The van der Waals surface area contributed by atoms with Crippen molar-refractivity contribution in [1.29, 1.82) is 0 Å². The molecule has 0 saturated carbocycles. The number of benzene rings is 2. The first-order valence-electron chi connectivity index (χ1n) is 5.40. The lowest BCUT2D eigenvalue weighted by Crippen LogP contribution is -2.16. The predicted octanol–water partition coefficient (Wildman–Crippen LogP) is 4.80. The van der Waals surface area contributed by atoms with Crippen LogP contribution >= 0.6 is 23.2 Å². The molecule has 0 bridgehead atoms. The fourth-order valence-electron chi connectivity index (χ4n) is 1.51. The van der Waals surface area contributed by atoms with Gasteiger partial charge in [-0.25, -0.2) is 17.6 Å². The van der Waals surface area contributed by atoms with Crippen LogP contribution in [0, 0.1) is 23.3 Å². The number of halogens is 6. The number of hydrogen-bond donors (Lipinski definition) is 1. The predicted molar refractivity (Wildman–Crippen MR) is 70.7 cm³/mol. The first-order valence-corrected chi connectivity index (χ1v) is 6.16. The third kappa shape index (κ3) is 3.11. The maximum absolute atomic E-state index is 13.4. The van der Waals surface area contributed by atoms with Gasteiger partial charge in [0.15, 0.2) is 23.3 Å². The second-order valence-corrected chi connectivity index (χ2v) is 4.75. The van der Waals surface area contributed by atoms with Crippen molar-refractivity contribution in [3.8, 4) is 0 Å². The molecular weight excluding hydrogens is 333 g/mol. The van der Waals surface area contributed by atoms with E-state index in [4.69, 9.17) is 23.2 Å². The molecule has 0 aromatic heterocycles. The zero-order valence-corrected chi connectivity index (χ0v) is 11.5. The van der Waals surface area contributed by atoms with E-state index in [1.807, 2.05) is 0 Å². The number of rotatable bonds is 2. The van der Waals surface area contributed by atoms with Crippen LogP contribution in [0.3, 0.4) is 0 Å². The van der Waals surface area contributed by atoms with Crippen molar-refractivity contribution in [2.45, 2.75) is 0 Å². The van der Waals surface area contributed by atoms with Crippen molar-refractivity contribution in [1.82, 2.24) is 0 Å². The highest BCUT2D eigenvalue weighted by Crippen LogP contribution is 2.26. The molecule has 2 rings (SSSR count). The first kappa shape index (κ1) is 15.6. The molecule has 8 heteroatoms. The molecule has 0 fully saturated rings. The zero-order chi connectivity index (χ0) is 15.7. The third-order valence-corrected chi connectivity index (χ3v) is 3.26. The van der Waals surface area contributed by atoms with E-state index in [0.29, 0.717) is 0 Å². The molecule has 110 valence electrons. The van der Waals surface area contributed by atoms with Gasteiger partial charge >= 0.3 is 0 Å². The van der Waals surface area contributed by atoms with E-state index in [9.17, 15) is 22.4 Å². The Labute approximate surface area is 126 Å². The second kappa shape index (κ2) is 5.91. The quantitative estimate of drug-likeness (QED) is 0.476. The molecule has 0 aliphatic rings. The van der Waals surface area contributed by atoms with E-state index in [1.54, 1.807) is 0 Å². The van der Waals surface area contributed by atoms with E-state index in [2.05, 4.69) is 5.32 Å². The number of carbonyl (C=O) groups excluding carboxylic acids is 1. The Kier molecular flexibility index (Phi) is 4.39. The minimum absolute atomic E-state index is 0.117. The van der Waals surface area contributed by atoms with Crippen molar-refractivity contribution in [3.05, 3.63) is 63.1 Å². The van der Waals surface area contributed by atoms with Gasteiger partial charge < -0.3 is 5.32 Å². The molecule has 0 aliphatic carbocycles. The number of amides is 1. The van der Waals surface area contributed by atoms with Crippen molar-refractivity contribution in [2.75, 3.05) is 5.32 Å². The van der Waals surface area contributed by atoms with Crippen LogP contribution in [0.4, 0.5) is 23.2 Å². The van der Waals surface area contributed by atoms with Gasteiger partial charge in [-0.05, 0) is 24.3 Å². The molecular formula is C13H5Cl2F4NO. The molecule has 21 heavy (non-hydrogen) atoms. The minimum atomic E-state index is -2.06. The Morgan fingerprint density at radius 2 is 1.57 bits per heavy atom. The highest BCUT2D eigenvalue weighted by Gasteiger charge is 2.23. The summed E-state index contributed by atoms with van der Waals surface area (Å²) < 4.78 is 52.4. The van der Waals surface area contributed by atoms with Gasteiger partial charge in [-0.15, -0.1) is 0 Å². The molecule has 2 aromatic carbocycles. The molecule has 2 nitrogen and oxygen atoms in total. The molecule has 0 saturated heterocycles. The van der Waals surface area contributed by atoms with Crippen LogP contribution in [-0.4, -0.2) is 5.91 Å². The van der Waals surface area contributed by atoms with E-state index in [1.165, 1.54) is 18.2 Å². The summed E-state index contributed by atoms with van der Waals surface area (Å²) in [6.07, 6.45) is 0. The average Bonchev–Trinajstić information content (AvgIpc) is 2.44. The lowest BCUT2D eigenvalue weighted by atomic mass is 10.1. The molecule has 0 atom stereocenters. The summed E-state index contributed by atoms with van der Waals surface area (Å²) in [5, 5.41) is 2.50. The van der Waals surface area contributed by atoms with Gasteiger partial charge in [0.2, 0.25) is 0 Å². The summed E-state index contributed by atoms with van der Waals surface area (Å²) in [4.78, 5) is 11.8. The van der Waals surface area contributed by atoms with Gasteiger partial charge in [-0.2, -0.15) is 0 Å². The van der Waals surface area contributed by atoms with Crippen molar-refractivity contribution in [3.63, 3.8) is 0 Å². The zero-order valence-electron chi connectivity index (χ0n) is 9.99. The lowest BCUT2D eigenvalue weighted by Gasteiger charge is -2.08. The van der Waals surface area contributed by atoms with Gasteiger partial charge in [0.25, 0.3) is 5.91 Å². The SMILES string of the molecule is O=C(Nc1ccc(Cl)c(Cl)c1)c1cc(F)c(F)c(F)c1F. The van der Waals surface area contributed by atoms with Crippen LogP contribution in [-0.2, 0) is 0 Å². The average molecular weight is 338 g/mol.